The third-order valence-electron chi connectivity index (χ3n) is 5.52. The van der Waals surface area contributed by atoms with E-state index < -0.39 is 10.0 Å². The zero-order valence-electron chi connectivity index (χ0n) is 20.0. The summed E-state index contributed by atoms with van der Waals surface area (Å²) < 4.78 is 31.6. The summed E-state index contributed by atoms with van der Waals surface area (Å²) in [5, 5.41) is 4.77. The van der Waals surface area contributed by atoms with Crippen molar-refractivity contribution in [2.45, 2.75) is 6.61 Å². The zero-order valence-corrected chi connectivity index (χ0v) is 22.3. The molecule has 192 valence electrons. The van der Waals surface area contributed by atoms with Crippen LogP contribution in [-0.2, 0) is 16.6 Å². The van der Waals surface area contributed by atoms with Crippen molar-refractivity contribution in [3.63, 3.8) is 0 Å². The second-order valence-corrected chi connectivity index (χ2v) is 10.9. The number of hydrogen-bond acceptors (Lipinski definition) is 7. The van der Waals surface area contributed by atoms with Gasteiger partial charge in [-0.2, -0.15) is 0 Å². The van der Waals surface area contributed by atoms with Crippen molar-refractivity contribution < 1.29 is 13.2 Å². The van der Waals surface area contributed by atoms with Crippen molar-refractivity contribution in [3.8, 4) is 16.9 Å². The molecule has 11 heteroatoms. The number of nitrogens with zero attached hydrogens (tertiary/aromatic N) is 3. The number of anilines is 3. The molecule has 0 aliphatic carbocycles. The lowest BCUT2D eigenvalue weighted by molar-refractivity contribution is 0.301. The Morgan fingerprint density at radius 3 is 2.50 bits per heavy atom. The highest BCUT2D eigenvalue weighted by Crippen LogP contribution is 2.34. The van der Waals surface area contributed by atoms with E-state index in [9.17, 15) is 8.42 Å². The lowest BCUT2D eigenvalue weighted by Crippen LogP contribution is -2.10. The van der Waals surface area contributed by atoms with Crippen LogP contribution in [0.5, 0.6) is 5.75 Å². The van der Waals surface area contributed by atoms with Gasteiger partial charge in [0.05, 0.1) is 28.2 Å². The first-order valence-corrected chi connectivity index (χ1v) is 14.0. The van der Waals surface area contributed by atoms with Crippen LogP contribution in [0.1, 0.15) is 5.69 Å². The Balaban J connectivity index is 1.41. The van der Waals surface area contributed by atoms with E-state index >= 15 is 0 Å². The zero-order chi connectivity index (χ0) is 26.7. The SMILES string of the molecule is CS(=O)(=O)Nc1cc(-c2ccc3nccc(Nc4ccc(OCc5ccccn5)c(Cl)c4)c3c2)cnc1Cl. The van der Waals surface area contributed by atoms with Gasteiger partial charge in [0.2, 0.25) is 10.0 Å². The van der Waals surface area contributed by atoms with Gasteiger partial charge >= 0.3 is 0 Å². The molecule has 0 aliphatic heterocycles. The van der Waals surface area contributed by atoms with E-state index in [4.69, 9.17) is 27.9 Å². The van der Waals surface area contributed by atoms with Crippen molar-refractivity contribution in [2.24, 2.45) is 0 Å². The number of ether oxygens (including phenoxy) is 1. The summed E-state index contributed by atoms with van der Waals surface area (Å²) in [5.74, 6) is 0.554. The fraction of sp³-hybridized carbons (Fsp3) is 0.0741. The van der Waals surface area contributed by atoms with E-state index in [-0.39, 0.29) is 10.8 Å². The number of pyridine rings is 3. The van der Waals surface area contributed by atoms with Crippen LogP contribution in [0.25, 0.3) is 22.0 Å². The largest absolute Gasteiger partial charge is 0.486 e. The fourth-order valence-electron chi connectivity index (χ4n) is 3.80. The molecule has 0 fully saturated rings. The van der Waals surface area contributed by atoms with E-state index in [0.717, 1.165) is 39.8 Å². The Labute approximate surface area is 229 Å². The summed E-state index contributed by atoms with van der Waals surface area (Å²) in [6.07, 6.45) is 6.08. The maximum absolute atomic E-state index is 11.7. The van der Waals surface area contributed by atoms with Crippen molar-refractivity contribution in [2.75, 3.05) is 16.3 Å². The van der Waals surface area contributed by atoms with E-state index in [1.165, 1.54) is 0 Å². The topological polar surface area (TPSA) is 106 Å². The molecule has 0 aliphatic rings. The first-order valence-electron chi connectivity index (χ1n) is 11.4. The van der Waals surface area contributed by atoms with Gasteiger partial charge in [0, 0.05) is 40.9 Å². The first-order chi connectivity index (χ1) is 18.2. The van der Waals surface area contributed by atoms with Crippen LogP contribution in [0.15, 0.2) is 85.3 Å². The predicted molar refractivity (Wildman–Crippen MR) is 152 cm³/mol. The van der Waals surface area contributed by atoms with Crippen molar-refractivity contribution >= 4 is 61.2 Å². The molecule has 0 atom stereocenters. The quantitative estimate of drug-likeness (QED) is 0.202. The Morgan fingerprint density at radius 2 is 1.74 bits per heavy atom. The molecule has 38 heavy (non-hydrogen) atoms. The fourth-order valence-corrected chi connectivity index (χ4v) is 4.80. The van der Waals surface area contributed by atoms with Crippen LogP contribution in [0, 0.1) is 0 Å². The molecule has 0 unspecified atom stereocenters. The summed E-state index contributed by atoms with van der Waals surface area (Å²) in [7, 11) is -3.52. The van der Waals surface area contributed by atoms with E-state index in [1.54, 1.807) is 36.8 Å². The van der Waals surface area contributed by atoms with Gasteiger partial charge in [0.15, 0.2) is 5.15 Å². The number of fused-ring (bicyclic) bond motifs is 1. The summed E-state index contributed by atoms with van der Waals surface area (Å²) in [6, 6.07) is 20.3. The molecule has 3 aromatic heterocycles. The molecule has 8 nitrogen and oxygen atoms in total. The summed E-state index contributed by atoms with van der Waals surface area (Å²) >= 11 is 12.6. The second-order valence-electron chi connectivity index (χ2n) is 8.41. The molecule has 0 bridgehead atoms. The molecule has 3 heterocycles. The predicted octanol–water partition coefficient (Wildman–Crippen LogP) is 6.69. The van der Waals surface area contributed by atoms with Gasteiger partial charge in [-0.3, -0.25) is 14.7 Å². The third-order valence-corrected chi connectivity index (χ3v) is 6.71. The lowest BCUT2D eigenvalue weighted by atomic mass is 10.0. The van der Waals surface area contributed by atoms with Gasteiger partial charge < -0.3 is 10.1 Å². The molecule has 5 aromatic rings. The monoisotopic (exact) mass is 565 g/mol. The van der Waals surface area contributed by atoms with Crippen LogP contribution in [0.2, 0.25) is 10.2 Å². The summed E-state index contributed by atoms with van der Waals surface area (Å²) in [6.45, 7) is 0.312. The number of hydrogen-bond donors (Lipinski definition) is 2. The highest BCUT2D eigenvalue weighted by Gasteiger charge is 2.12. The smallest absolute Gasteiger partial charge is 0.229 e. The average Bonchev–Trinajstić information content (AvgIpc) is 2.89. The highest BCUT2D eigenvalue weighted by molar-refractivity contribution is 7.92. The number of nitrogens with one attached hydrogen (secondary N) is 2. The molecule has 0 spiro atoms. The van der Waals surface area contributed by atoms with Crippen LogP contribution in [0.3, 0.4) is 0 Å². The molecule has 0 saturated heterocycles. The van der Waals surface area contributed by atoms with Gasteiger partial charge in [-0.05, 0) is 60.2 Å². The van der Waals surface area contributed by atoms with E-state index in [2.05, 4.69) is 25.0 Å². The average molecular weight is 566 g/mol. The van der Waals surface area contributed by atoms with E-state index in [1.807, 2.05) is 48.5 Å². The van der Waals surface area contributed by atoms with Gasteiger partial charge in [0.1, 0.15) is 12.4 Å². The van der Waals surface area contributed by atoms with Gasteiger partial charge in [-0.25, -0.2) is 13.4 Å². The van der Waals surface area contributed by atoms with Gasteiger partial charge in [-0.15, -0.1) is 0 Å². The molecular formula is C27H21Cl2N5O3S. The minimum atomic E-state index is -3.52. The summed E-state index contributed by atoms with van der Waals surface area (Å²) in [5.41, 5.74) is 4.87. The Bertz CT molecular complexity index is 1730. The molecule has 0 radical (unpaired) electrons. The lowest BCUT2D eigenvalue weighted by Gasteiger charge is -2.13. The molecular weight excluding hydrogens is 545 g/mol. The Kier molecular flexibility index (Phi) is 7.33. The molecule has 5 rings (SSSR count). The first kappa shape index (κ1) is 25.7. The maximum Gasteiger partial charge on any atom is 0.229 e. The van der Waals surface area contributed by atoms with Crippen molar-refractivity contribution in [1.82, 2.24) is 15.0 Å². The van der Waals surface area contributed by atoms with E-state index in [0.29, 0.717) is 22.9 Å². The molecule has 2 N–H and O–H groups in total. The number of aromatic nitrogens is 3. The van der Waals surface area contributed by atoms with Gasteiger partial charge in [0.25, 0.3) is 0 Å². The van der Waals surface area contributed by atoms with Gasteiger partial charge in [-0.1, -0.05) is 35.3 Å². The minimum absolute atomic E-state index is 0.0633. The number of benzene rings is 2. The van der Waals surface area contributed by atoms with Crippen molar-refractivity contribution in [1.29, 1.82) is 0 Å². The van der Waals surface area contributed by atoms with Crippen LogP contribution >= 0.6 is 23.2 Å². The Morgan fingerprint density at radius 1 is 0.868 bits per heavy atom. The molecule has 0 saturated carbocycles. The Hall–Kier alpha value is -3.92. The summed E-state index contributed by atoms with van der Waals surface area (Å²) in [4.78, 5) is 12.9. The highest BCUT2D eigenvalue weighted by atomic mass is 35.5. The maximum atomic E-state index is 11.7. The molecule has 0 amide bonds. The van der Waals surface area contributed by atoms with Crippen LogP contribution in [0.4, 0.5) is 17.1 Å². The van der Waals surface area contributed by atoms with Crippen LogP contribution < -0.4 is 14.8 Å². The number of halogens is 2. The van der Waals surface area contributed by atoms with Crippen molar-refractivity contribution in [3.05, 3.63) is 101 Å². The minimum Gasteiger partial charge on any atom is -0.486 e. The number of sulfonamides is 1. The van der Waals surface area contributed by atoms with Crippen LogP contribution in [-0.4, -0.2) is 29.6 Å². The standard InChI is InChI=1S/C27H21Cl2N5O3S/c1-38(35,36)34-25-13-18(15-32-27(25)29)17-5-7-23-21(12-17)24(9-11-31-23)33-19-6-8-26(22(28)14-19)37-16-20-4-2-3-10-30-20/h2-15,34H,16H2,1H3,(H,31,33). The third kappa shape index (κ3) is 6.13. The number of rotatable bonds is 8. The second kappa shape index (κ2) is 10.8. The molecule has 2 aromatic carbocycles. The normalized spacial score (nSPS) is 11.3.